The van der Waals surface area contributed by atoms with E-state index in [-0.39, 0.29) is 0 Å². The quantitative estimate of drug-likeness (QED) is 0.691. The minimum absolute atomic E-state index is 0.719. The van der Waals surface area contributed by atoms with E-state index in [1.54, 1.807) is 0 Å². The summed E-state index contributed by atoms with van der Waals surface area (Å²) in [5, 5.41) is 15.1. The number of carbonyl (C=O) groups is 1. The number of halogens is 3. The molecule has 0 aromatic rings. The Morgan fingerprint density at radius 1 is 1.54 bits per heavy atom. The third-order valence-electron chi connectivity index (χ3n) is 0.885. The van der Waals surface area contributed by atoms with Crippen molar-refractivity contribution in [3.05, 3.63) is 0 Å². The van der Waals surface area contributed by atoms with Crippen LogP contribution in [0.1, 0.15) is 26.2 Å². The second-order valence-electron chi connectivity index (χ2n) is 2.06. The van der Waals surface area contributed by atoms with Gasteiger partial charge in [0, 0.05) is 6.42 Å². The van der Waals surface area contributed by atoms with Crippen LogP contribution < -0.4 is 0 Å². The normalized spacial score (nSPS) is 9.46. The van der Waals surface area contributed by atoms with Crippen LogP contribution in [0.15, 0.2) is 0 Å². The molecule has 0 rings (SSSR count). The van der Waals surface area contributed by atoms with E-state index in [1.807, 2.05) is 0 Å². The van der Waals surface area contributed by atoms with Gasteiger partial charge in [-0.05, 0) is 6.42 Å². The molecule has 0 aliphatic carbocycles. The predicted molar refractivity (Wildman–Crippen MR) is 38.8 cm³/mol. The van der Waals surface area contributed by atoms with Gasteiger partial charge in [-0.2, -0.15) is 18.4 Å². The van der Waals surface area contributed by atoms with E-state index < -0.39 is 12.1 Å². The molecule has 6 heteroatoms. The Morgan fingerprint density at radius 2 is 1.92 bits per heavy atom. The van der Waals surface area contributed by atoms with Crippen LogP contribution in [-0.2, 0) is 4.79 Å². The first-order chi connectivity index (χ1) is 5.86. The lowest BCUT2D eigenvalue weighted by Crippen LogP contribution is -2.21. The molecule has 0 saturated heterocycles. The molecule has 0 saturated carbocycles. The summed E-state index contributed by atoms with van der Waals surface area (Å²) in [6.07, 6.45) is -2.18. The fraction of sp³-hybridized carbons (Fsp3) is 0.714. The van der Waals surface area contributed by atoms with Gasteiger partial charge in [0.05, 0.1) is 6.07 Å². The van der Waals surface area contributed by atoms with Crippen LogP contribution in [-0.4, -0.2) is 17.3 Å². The fourth-order valence-electron chi connectivity index (χ4n) is 0.256. The first-order valence-electron chi connectivity index (χ1n) is 3.53. The van der Waals surface area contributed by atoms with E-state index in [0.29, 0.717) is 0 Å². The molecule has 0 aromatic heterocycles. The maximum absolute atomic E-state index is 10.6. The Bertz CT molecular complexity index is 183. The van der Waals surface area contributed by atoms with E-state index in [1.165, 1.54) is 0 Å². The molecule has 0 aliphatic rings. The van der Waals surface area contributed by atoms with E-state index in [4.69, 9.17) is 15.2 Å². The molecular weight excluding hydrogens is 187 g/mol. The Hall–Kier alpha value is -1.25. The maximum atomic E-state index is 10.6. The van der Waals surface area contributed by atoms with Gasteiger partial charge in [-0.3, -0.25) is 0 Å². The minimum atomic E-state index is -5.08. The molecule has 13 heavy (non-hydrogen) atoms. The number of nitrogens with zero attached hydrogens (tertiary/aromatic N) is 1. The highest BCUT2D eigenvalue weighted by atomic mass is 19.4. The monoisotopic (exact) mass is 197 g/mol. The molecule has 0 amide bonds. The summed E-state index contributed by atoms with van der Waals surface area (Å²) in [5.74, 6) is -2.76. The van der Waals surface area contributed by atoms with Gasteiger partial charge in [-0.1, -0.05) is 13.3 Å². The van der Waals surface area contributed by atoms with Crippen LogP contribution in [0, 0.1) is 11.3 Å². The average Bonchev–Trinajstić information content (AvgIpc) is 2.00. The van der Waals surface area contributed by atoms with Crippen LogP contribution in [0.25, 0.3) is 0 Å². The lowest BCUT2D eigenvalue weighted by molar-refractivity contribution is -0.192. The number of unbranched alkanes of at least 4 members (excludes halogenated alkanes) is 2. The van der Waals surface area contributed by atoms with Gasteiger partial charge >= 0.3 is 12.1 Å². The largest absolute Gasteiger partial charge is 0.490 e. The molecule has 0 bridgehead atoms. The number of hydrogen-bond donors (Lipinski definition) is 1. The summed E-state index contributed by atoms with van der Waals surface area (Å²) in [4.78, 5) is 8.90. The Balaban J connectivity index is 0. The number of aliphatic carboxylic acids is 1. The summed E-state index contributed by atoms with van der Waals surface area (Å²) < 4.78 is 31.7. The van der Waals surface area contributed by atoms with Crippen LogP contribution in [0.4, 0.5) is 13.2 Å². The lowest BCUT2D eigenvalue weighted by atomic mass is 10.3. The zero-order valence-electron chi connectivity index (χ0n) is 7.06. The van der Waals surface area contributed by atoms with Gasteiger partial charge < -0.3 is 5.11 Å². The molecule has 0 heterocycles. The molecule has 0 atom stereocenters. The van der Waals surface area contributed by atoms with Gasteiger partial charge in [-0.25, -0.2) is 4.79 Å². The molecule has 0 radical (unpaired) electrons. The van der Waals surface area contributed by atoms with Crippen molar-refractivity contribution in [1.29, 1.82) is 5.26 Å². The van der Waals surface area contributed by atoms with Crippen molar-refractivity contribution in [2.45, 2.75) is 32.4 Å². The van der Waals surface area contributed by atoms with Crippen LogP contribution in [0.2, 0.25) is 0 Å². The minimum Gasteiger partial charge on any atom is -0.475 e. The molecular formula is C7H10F3NO2. The third-order valence-corrected chi connectivity index (χ3v) is 0.885. The number of alkyl halides is 3. The predicted octanol–water partition coefficient (Wildman–Crippen LogP) is 2.33. The summed E-state index contributed by atoms with van der Waals surface area (Å²) >= 11 is 0. The van der Waals surface area contributed by atoms with Gasteiger partial charge in [0.15, 0.2) is 0 Å². The average molecular weight is 197 g/mol. The highest BCUT2D eigenvalue weighted by molar-refractivity contribution is 5.73. The summed E-state index contributed by atoms with van der Waals surface area (Å²) in [6, 6.07) is 2.07. The van der Waals surface area contributed by atoms with Gasteiger partial charge in [0.2, 0.25) is 0 Å². The van der Waals surface area contributed by atoms with E-state index in [9.17, 15) is 13.2 Å². The Labute approximate surface area is 73.8 Å². The molecule has 1 N–H and O–H groups in total. The van der Waals surface area contributed by atoms with Crippen molar-refractivity contribution < 1.29 is 23.1 Å². The Kier molecular flexibility index (Phi) is 8.13. The topological polar surface area (TPSA) is 61.1 Å². The van der Waals surface area contributed by atoms with E-state index in [2.05, 4.69) is 13.0 Å². The smallest absolute Gasteiger partial charge is 0.475 e. The maximum Gasteiger partial charge on any atom is 0.490 e. The second-order valence-corrected chi connectivity index (χ2v) is 2.06. The number of carboxylic acid groups (broad SMARTS) is 1. The number of hydrogen-bond acceptors (Lipinski definition) is 2. The molecule has 0 fully saturated rings. The summed E-state index contributed by atoms with van der Waals surface area (Å²) in [6.45, 7) is 2.08. The highest BCUT2D eigenvalue weighted by Gasteiger charge is 2.38. The van der Waals surface area contributed by atoms with Crippen molar-refractivity contribution in [1.82, 2.24) is 0 Å². The van der Waals surface area contributed by atoms with Crippen molar-refractivity contribution in [3.63, 3.8) is 0 Å². The molecule has 0 aliphatic heterocycles. The van der Waals surface area contributed by atoms with Crippen LogP contribution in [0.3, 0.4) is 0 Å². The molecule has 76 valence electrons. The van der Waals surface area contributed by atoms with Gasteiger partial charge in [-0.15, -0.1) is 0 Å². The molecule has 0 unspecified atom stereocenters. The Morgan fingerprint density at radius 3 is 2.00 bits per heavy atom. The molecule has 0 aromatic carbocycles. The van der Waals surface area contributed by atoms with Crippen LogP contribution in [0.5, 0.6) is 0 Å². The van der Waals surface area contributed by atoms with Crippen molar-refractivity contribution >= 4 is 5.97 Å². The highest BCUT2D eigenvalue weighted by Crippen LogP contribution is 2.13. The molecule has 3 nitrogen and oxygen atoms in total. The van der Waals surface area contributed by atoms with Crippen molar-refractivity contribution in [2.24, 2.45) is 0 Å². The third kappa shape index (κ3) is 13.7. The standard InChI is InChI=1S/C5H9N.C2HF3O2/c1-2-3-4-5-6;3-2(4,5)1(6)7/h2-4H2,1H3;(H,6,7). The lowest BCUT2D eigenvalue weighted by Gasteiger charge is -1.93. The summed E-state index contributed by atoms with van der Waals surface area (Å²) in [7, 11) is 0. The molecule has 0 spiro atoms. The van der Waals surface area contributed by atoms with Crippen molar-refractivity contribution in [2.75, 3.05) is 0 Å². The first-order valence-corrected chi connectivity index (χ1v) is 3.53. The number of carboxylic acids is 1. The van der Waals surface area contributed by atoms with Gasteiger partial charge in [0.1, 0.15) is 0 Å². The van der Waals surface area contributed by atoms with Crippen LogP contribution >= 0.6 is 0 Å². The van der Waals surface area contributed by atoms with Gasteiger partial charge in [0.25, 0.3) is 0 Å². The van der Waals surface area contributed by atoms with E-state index in [0.717, 1.165) is 19.3 Å². The number of rotatable bonds is 2. The summed E-state index contributed by atoms with van der Waals surface area (Å²) in [5.41, 5.74) is 0. The SMILES string of the molecule is CCCCC#N.O=C(O)C(F)(F)F. The second kappa shape index (κ2) is 7.40. The van der Waals surface area contributed by atoms with E-state index >= 15 is 0 Å². The zero-order valence-corrected chi connectivity index (χ0v) is 7.06. The zero-order chi connectivity index (χ0) is 10.9. The number of nitriles is 1. The first kappa shape index (κ1) is 14.3. The fourth-order valence-corrected chi connectivity index (χ4v) is 0.256. The van der Waals surface area contributed by atoms with Crippen molar-refractivity contribution in [3.8, 4) is 6.07 Å².